The van der Waals surface area contributed by atoms with Gasteiger partial charge in [-0.15, -0.1) is 0 Å². The number of rotatable bonds is 5. The zero-order valence-electron chi connectivity index (χ0n) is 20.9. The molecule has 6 heteroatoms. The van der Waals surface area contributed by atoms with Crippen LogP contribution < -0.4 is 9.80 Å². The van der Waals surface area contributed by atoms with Crippen molar-refractivity contribution >= 4 is 40.1 Å². The number of thioether (sulfide) groups is 1. The lowest BCUT2D eigenvalue weighted by Gasteiger charge is -2.29. The van der Waals surface area contributed by atoms with Gasteiger partial charge in [0, 0.05) is 30.5 Å². The van der Waals surface area contributed by atoms with E-state index in [1.165, 1.54) is 18.7 Å². The molecule has 0 aliphatic carbocycles. The molecule has 1 amide bonds. The third-order valence-corrected chi connectivity index (χ3v) is 7.33. The van der Waals surface area contributed by atoms with Gasteiger partial charge < -0.3 is 9.80 Å². The van der Waals surface area contributed by atoms with Crippen LogP contribution in [0.1, 0.15) is 39.5 Å². The Hall–Kier alpha value is -3.38. The fourth-order valence-electron chi connectivity index (χ4n) is 4.77. The Morgan fingerprint density at radius 3 is 1.91 bits per heavy atom. The number of aryl methyl sites for hydroxylation is 4. The number of benzene rings is 3. The molecule has 1 heterocycles. The molecule has 1 saturated heterocycles. The Morgan fingerprint density at radius 1 is 0.829 bits per heavy atom. The molecular formula is C29H31N3O2S. The Bertz CT molecular complexity index is 1250. The fraction of sp³-hybridized carbons (Fsp3) is 0.276. The summed E-state index contributed by atoms with van der Waals surface area (Å²) in [6.07, 6.45) is 0. The van der Waals surface area contributed by atoms with E-state index in [-0.39, 0.29) is 17.1 Å². The van der Waals surface area contributed by atoms with Gasteiger partial charge in [-0.2, -0.15) is 4.99 Å². The van der Waals surface area contributed by atoms with Gasteiger partial charge in [-0.25, -0.2) is 0 Å². The Morgan fingerprint density at radius 2 is 1.37 bits per heavy atom. The summed E-state index contributed by atoms with van der Waals surface area (Å²) in [5, 5.41) is 0.0441. The number of hydrogen-bond donors (Lipinski definition) is 0. The van der Waals surface area contributed by atoms with Gasteiger partial charge in [0.1, 0.15) is 0 Å². The molecular weight excluding hydrogens is 454 g/mol. The molecule has 1 aliphatic heterocycles. The van der Waals surface area contributed by atoms with Crippen LogP contribution in [0.15, 0.2) is 71.7 Å². The quantitative estimate of drug-likeness (QED) is 0.438. The van der Waals surface area contributed by atoms with Crippen molar-refractivity contribution in [1.29, 1.82) is 0 Å². The molecule has 3 aromatic rings. The second-order valence-electron chi connectivity index (χ2n) is 9.01. The van der Waals surface area contributed by atoms with Gasteiger partial charge in [-0.1, -0.05) is 78.5 Å². The van der Waals surface area contributed by atoms with Crippen molar-refractivity contribution in [2.75, 3.05) is 22.1 Å². The molecule has 0 N–H and O–H groups in total. The van der Waals surface area contributed by atoms with Crippen LogP contribution in [0, 0.1) is 27.7 Å². The number of nitrogens with zero attached hydrogens (tertiary/aromatic N) is 3. The van der Waals surface area contributed by atoms with Crippen LogP contribution in [0.5, 0.6) is 0 Å². The smallest absolute Gasteiger partial charge is 0.245 e. The second-order valence-corrected chi connectivity index (χ2v) is 10.0. The van der Waals surface area contributed by atoms with E-state index in [1.807, 2.05) is 42.5 Å². The fourth-order valence-corrected chi connectivity index (χ4v) is 5.67. The first-order valence-corrected chi connectivity index (χ1v) is 12.8. The average molecular weight is 486 g/mol. The molecule has 1 aliphatic rings. The highest BCUT2D eigenvalue weighted by atomic mass is 32.2. The van der Waals surface area contributed by atoms with Crippen LogP contribution in [0.25, 0.3) is 0 Å². The minimum atomic E-state index is -0.249. The number of carbonyl (C=O) groups excluding carboxylic acids is 2. The Balaban J connectivity index is 1.80. The molecule has 5 nitrogen and oxygen atoms in total. The maximum atomic E-state index is 12.9. The molecule has 1 atom stereocenters. The summed E-state index contributed by atoms with van der Waals surface area (Å²) >= 11 is 1.32. The number of aliphatic imine (C=N–C) groups is 1. The van der Waals surface area contributed by atoms with Crippen LogP contribution >= 0.6 is 11.8 Å². The van der Waals surface area contributed by atoms with E-state index in [0.29, 0.717) is 23.8 Å². The van der Waals surface area contributed by atoms with Crippen LogP contribution in [0.3, 0.4) is 0 Å². The molecule has 0 spiro atoms. The summed E-state index contributed by atoms with van der Waals surface area (Å²) in [7, 11) is 0. The minimum absolute atomic E-state index is 0.0441. The van der Waals surface area contributed by atoms with Crippen LogP contribution in [-0.4, -0.2) is 35.3 Å². The molecule has 0 aromatic heterocycles. The normalized spacial score (nSPS) is 16.7. The topological polar surface area (TPSA) is 53.0 Å². The first-order valence-electron chi connectivity index (χ1n) is 11.8. The van der Waals surface area contributed by atoms with Crippen molar-refractivity contribution in [3.63, 3.8) is 0 Å². The lowest BCUT2D eigenvalue weighted by molar-refractivity contribution is -0.115. The summed E-state index contributed by atoms with van der Waals surface area (Å²) in [6.45, 7) is 10.4. The summed E-state index contributed by atoms with van der Waals surface area (Å²) in [4.78, 5) is 34.1. The number of guanidine groups is 1. The number of amides is 1. The number of hydrogen-bond acceptors (Lipinski definition) is 3. The van der Waals surface area contributed by atoms with E-state index in [2.05, 4.69) is 66.8 Å². The van der Waals surface area contributed by atoms with Crippen LogP contribution in [-0.2, 0) is 4.79 Å². The number of anilines is 2. The monoisotopic (exact) mass is 485 g/mol. The van der Waals surface area contributed by atoms with Crippen molar-refractivity contribution in [3.8, 4) is 0 Å². The SMILES string of the molecule is CC(=O)N=C1N(c2c(C)cccc2C)CC(CSC(=O)c2ccccc2)N1c1c(C)cccc1C. The highest BCUT2D eigenvalue weighted by Gasteiger charge is 2.40. The van der Waals surface area contributed by atoms with E-state index >= 15 is 0 Å². The highest BCUT2D eigenvalue weighted by Crippen LogP contribution is 2.37. The zero-order chi connectivity index (χ0) is 25.1. The standard InChI is InChI=1S/C29H31N3O2S/c1-19-11-9-12-20(2)26(19)31-17-25(18-35-28(34)24-15-7-6-8-16-24)32(29(31)30-23(5)33)27-21(3)13-10-14-22(27)4/h6-16,25H,17-18H2,1-5H3. The van der Waals surface area contributed by atoms with Crippen molar-refractivity contribution in [2.45, 2.75) is 40.7 Å². The molecule has 180 valence electrons. The maximum Gasteiger partial charge on any atom is 0.245 e. The van der Waals surface area contributed by atoms with E-state index in [4.69, 9.17) is 0 Å². The van der Waals surface area contributed by atoms with Gasteiger partial charge in [-0.3, -0.25) is 9.59 Å². The van der Waals surface area contributed by atoms with Crippen LogP contribution in [0.2, 0.25) is 0 Å². The molecule has 35 heavy (non-hydrogen) atoms. The molecule has 3 aromatic carbocycles. The summed E-state index contributed by atoms with van der Waals surface area (Å²) in [6, 6.07) is 21.7. The van der Waals surface area contributed by atoms with Crippen LogP contribution in [0.4, 0.5) is 11.4 Å². The van der Waals surface area contributed by atoms with Gasteiger partial charge >= 0.3 is 0 Å². The lowest BCUT2D eigenvalue weighted by Crippen LogP contribution is -2.39. The lowest BCUT2D eigenvalue weighted by atomic mass is 10.1. The van der Waals surface area contributed by atoms with E-state index in [9.17, 15) is 9.59 Å². The second kappa shape index (κ2) is 10.5. The van der Waals surface area contributed by atoms with Crippen molar-refractivity contribution in [1.82, 2.24) is 0 Å². The largest absolute Gasteiger partial charge is 0.309 e. The van der Waals surface area contributed by atoms with E-state index < -0.39 is 0 Å². The third kappa shape index (κ3) is 5.17. The van der Waals surface area contributed by atoms with Gasteiger partial charge in [0.15, 0.2) is 0 Å². The van der Waals surface area contributed by atoms with Crippen molar-refractivity contribution in [3.05, 3.63) is 94.5 Å². The summed E-state index contributed by atoms with van der Waals surface area (Å²) in [5.41, 5.74) is 7.25. The predicted octanol–water partition coefficient (Wildman–Crippen LogP) is 6.09. The highest BCUT2D eigenvalue weighted by molar-refractivity contribution is 8.14. The minimum Gasteiger partial charge on any atom is -0.309 e. The maximum absolute atomic E-state index is 12.9. The molecule has 1 unspecified atom stereocenters. The molecule has 0 bridgehead atoms. The summed E-state index contributed by atoms with van der Waals surface area (Å²) < 4.78 is 0. The zero-order valence-corrected chi connectivity index (χ0v) is 21.7. The first-order chi connectivity index (χ1) is 16.8. The van der Waals surface area contributed by atoms with Crippen molar-refractivity contribution < 1.29 is 9.59 Å². The van der Waals surface area contributed by atoms with E-state index in [0.717, 1.165) is 33.6 Å². The Kier molecular flexibility index (Phi) is 7.41. The van der Waals surface area contributed by atoms with Gasteiger partial charge in [0.25, 0.3) is 0 Å². The number of carbonyl (C=O) groups is 2. The van der Waals surface area contributed by atoms with E-state index in [1.54, 1.807) is 0 Å². The molecule has 0 saturated carbocycles. The molecule has 4 rings (SSSR count). The first kappa shape index (κ1) is 24.7. The van der Waals surface area contributed by atoms with Gasteiger partial charge in [0.05, 0.1) is 11.7 Å². The summed E-state index contributed by atoms with van der Waals surface area (Å²) in [5.74, 6) is 0.936. The number of para-hydroxylation sites is 2. The predicted molar refractivity (Wildman–Crippen MR) is 147 cm³/mol. The third-order valence-electron chi connectivity index (χ3n) is 6.28. The van der Waals surface area contributed by atoms with Gasteiger partial charge in [-0.05, 0) is 49.9 Å². The molecule has 0 radical (unpaired) electrons. The van der Waals surface area contributed by atoms with Gasteiger partial charge in [0.2, 0.25) is 17.0 Å². The van der Waals surface area contributed by atoms with Crippen molar-refractivity contribution in [2.24, 2.45) is 4.99 Å². The Labute approximate surface area is 211 Å². The average Bonchev–Trinajstić information content (AvgIpc) is 3.14. The molecule has 1 fully saturated rings.